The van der Waals surface area contributed by atoms with Crippen LogP contribution in [0.3, 0.4) is 0 Å². The van der Waals surface area contributed by atoms with Crippen molar-refractivity contribution in [1.82, 2.24) is 4.48 Å². The van der Waals surface area contributed by atoms with Gasteiger partial charge in [0.25, 0.3) is 0 Å². The number of ether oxygens (including phenoxy) is 1. The Morgan fingerprint density at radius 2 is 2.11 bits per heavy atom. The van der Waals surface area contributed by atoms with E-state index in [2.05, 4.69) is 17.5 Å². The van der Waals surface area contributed by atoms with Crippen molar-refractivity contribution in [1.29, 1.82) is 0 Å². The molecule has 0 saturated carbocycles. The maximum atomic E-state index is 10.2. The molecule has 138 valence electrons. The van der Waals surface area contributed by atoms with E-state index in [1.807, 2.05) is 50.6 Å². The summed E-state index contributed by atoms with van der Waals surface area (Å²) in [4.78, 5) is 4.81. The highest BCUT2D eigenvalue weighted by Gasteiger charge is 2.17. The fourth-order valence-electron chi connectivity index (χ4n) is 3.23. The summed E-state index contributed by atoms with van der Waals surface area (Å²) in [5.74, 6) is 0.575. The van der Waals surface area contributed by atoms with Crippen molar-refractivity contribution in [3.63, 3.8) is 0 Å². The molecule has 0 bridgehead atoms. The summed E-state index contributed by atoms with van der Waals surface area (Å²) in [7, 11) is 3.56. The van der Waals surface area contributed by atoms with E-state index in [0.29, 0.717) is 17.9 Å². The molecule has 0 fully saturated rings. The van der Waals surface area contributed by atoms with Crippen LogP contribution in [-0.2, 0) is 0 Å². The molecule has 0 unspecified atom stereocenters. The Kier molecular flexibility index (Phi) is 5.67. The molecule has 1 aromatic heterocycles. The van der Waals surface area contributed by atoms with Gasteiger partial charge >= 0.3 is 0 Å². The quantitative estimate of drug-likeness (QED) is 0.777. The number of methoxy groups -OCH3 is 1. The minimum Gasteiger partial charge on any atom is -0.504 e. The van der Waals surface area contributed by atoms with Gasteiger partial charge in [-0.05, 0) is 68.1 Å². The van der Waals surface area contributed by atoms with Crippen LogP contribution in [0.5, 0.6) is 11.5 Å². The molecule has 0 aliphatic carbocycles. The Morgan fingerprint density at radius 3 is 2.78 bits per heavy atom. The summed E-state index contributed by atoms with van der Waals surface area (Å²) < 4.78 is 7.24. The molecule has 2 aromatic rings. The number of nitrogens with two attached hydrogens (primary N) is 1. The third kappa shape index (κ3) is 3.91. The number of aromatic nitrogens is 1. The summed E-state index contributed by atoms with van der Waals surface area (Å²) in [6.45, 7) is 2.62. The minimum absolute atomic E-state index is 0.124. The Hall–Kier alpha value is -2.99. The third-order valence-corrected chi connectivity index (χ3v) is 4.60. The maximum absolute atomic E-state index is 10.2. The maximum Gasteiger partial charge on any atom is 0.223 e. The van der Waals surface area contributed by atoms with Gasteiger partial charge in [0.2, 0.25) is 7.98 Å². The van der Waals surface area contributed by atoms with Gasteiger partial charge < -0.3 is 20.1 Å². The first-order valence-corrected chi connectivity index (χ1v) is 8.91. The first kappa shape index (κ1) is 18.8. The lowest BCUT2D eigenvalue weighted by atomic mass is 10.0. The average Bonchev–Trinajstić information content (AvgIpc) is 3.24. The number of para-hydroxylation sites is 1. The standard InChI is InChI=1S/C21H24BN3O2/c1-14-13-16(9-8-15-5-3-7-19(27-2)21(15)26)24-20(14)17(10-11-23)18-6-4-12-25(18)22/h3-9,12-13,26H,10-11,22-23H2,1-2H3/b9-8+,20-17-. The molecule has 0 saturated heterocycles. The Labute approximate surface area is 160 Å². The number of phenols is 1. The number of aliphatic imine (C=N–C) groups is 1. The van der Waals surface area contributed by atoms with E-state index >= 15 is 0 Å². The molecule has 1 aliphatic rings. The lowest BCUT2D eigenvalue weighted by Gasteiger charge is -2.11. The Morgan fingerprint density at radius 1 is 1.30 bits per heavy atom. The van der Waals surface area contributed by atoms with Gasteiger partial charge in [-0.1, -0.05) is 12.1 Å². The predicted octanol–water partition coefficient (Wildman–Crippen LogP) is 2.77. The van der Waals surface area contributed by atoms with Gasteiger partial charge in [-0.2, -0.15) is 0 Å². The monoisotopic (exact) mass is 361 g/mol. The highest BCUT2D eigenvalue weighted by Crippen LogP contribution is 2.32. The molecule has 0 amide bonds. The van der Waals surface area contributed by atoms with Crippen molar-refractivity contribution < 1.29 is 9.84 Å². The van der Waals surface area contributed by atoms with Gasteiger partial charge in [0.15, 0.2) is 11.5 Å². The van der Waals surface area contributed by atoms with E-state index in [4.69, 9.17) is 15.5 Å². The second-order valence-corrected chi connectivity index (χ2v) is 6.47. The third-order valence-electron chi connectivity index (χ3n) is 4.60. The van der Waals surface area contributed by atoms with Crippen molar-refractivity contribution in [2.75, 3.05) is 13.7 Å². The van der Waals surface area contributed by atoms with Gasteiger partial charge in [-0.3, -0.25) is 0 Å². The van der Waals surface area contributed by atoms with E-state index in [1.165, 1.54) is 7.11 Å². The van der Waals surface area contributed by atoms with Crippen LogP contribution >= 0.6 is 0 Å². The van der Waals surface area contributed by atoms with E-state index in [0.717, 1.165) is 34.7 Å². The normalized spacial score (nSPS) is 15.8. The number of aromatic hydroxyl groups is 1. The molecular formula is C21H24BN3O2. The van der Waals surface area contributed by atoms with Crippen LogP contribution < -0.4 is 10.5 Å². The lowest BCUT2D eigenvalue weighted by molar-refractivity contribution is 0.373. The number of hydrogen-bond acceptors (Lipinski definition) is 4. The molecule has 0 atom stereocenters. The van der Waals surface area contributed by atoms with E-state index in [1.54, 1.807) is 6.07 Å². The zero-order chi connectivity index (χ0) is 19.4. The molecule has 5 nitrogen and oxygen atoms in total. The van der Waals surface area contributed by atoms with Crippen LogP contribution in [0.1, 0.15) is 24.6 Å². The summed E-state index contributed by atoms with van der Waals surface area (Å²) >= 11 is 0. The fourth-order valence-corrected chi connectivity index (χ4v) is 3.23. The second kappa shape index (κ2) is 8.14. The Bertz CT molecular complexity index is 968. The largest absolute Gasteiger partial charge is 0.504 e. The SMILES string of the molecule is Bn1cccc1/C(CCN)=C1N=C(/C=C/c2cccc(OC)c2O)C=C\1C. The van der Waals surface area contributed by atoms with E-state index in [-0.39, 0.29) is 5.75 Å². The Balaban J connectivity index is 1.96. The minimum atomic E-state index is 0.124. The molecule has 0 spiro atoms. The van der Waals surface area contributed by atoms with Gasteiger partial charge in [0.1, 0.15) is 0 Å². The van der Waals surface area contributed by atoms with E-state index in [9.17, 15) is 5.11 Å². The van der Waals surface area contributed by atoms with Crippen molar-refractivity contribution in [3.05, 3.63) is 71.2 Å². The van der Waals surface area contributed by atoms with Crippen LogP contribution in [0.4, 0.5) is 0 Å². The number of rotatable bonds is 6. The van der Waals surface area contributed by atoms with Crippen LogP contribution in [-0.4, -0.2) is 36.9 Å². The summed E-state index contributed by atoms with van der Waals surface area (Å²) in [5.41, 5.74) is 11.7. The number of allylic oxidation sites excluding steroid dienone is 3. The van der Waals surface area contributed by atoms with Gasteiger partial charge in [-0.15, -0.1) is 0 Å². The fraction of sp³-hybridized carbons (Fsp3) is 0.190. The van der Waals surface area contributed by atoms with Crippen LogP contribution in [0, 0.1) is 0 Å². The summed E-state index contributed by atoms with van der Waals surface area (Å²) in [5, 5.41) is 10.2. The second-order valence-electron chi connectivity index (χ2n) is 6.47. The average molecular weight is 361 g/mol. The summed E-state index contributed by atoms with van der Waals surface area (Å²) in [6.07, 6.45) is 8.57. The van der Waals surface area contributed by atoms with Gasteiger partial charge in [-0.25, -0.2) is 4.99 Å². The molecule has 3 N–H and O–H groups in total. The number of phenolic OH excluding ortho intramolecular Hbond substituents is 1. The molecule has 6 heteroatoms. The smallest absolute Gasteiger partial charge is 0.223 e. The zero-order valence-corrected chi connectivity index (χ0v) is 15.9. The predicted molar refractivity (Wildman–Crippen MR) is 114 cm³/mol. The highest BCUT2D eigenvalue weighted by atomic mass is 16.5. The lowest BCUT2D eigenvalue weighted by Crippen LogP contribution is -2.05. The first-order valence-electron chi connectivity index (χ1n) is 8.91. The van der Waals surface area contributed by atoms with E-state index < -0.39 is 0 Å². The van der Waals surface area contributed by atoms with Crippen molar-refractivity contribution in [3.8, 4) is 11.5 Å². The van der Waals surface area contributed by atoms with Gasteiger partial charge in [0, 0.05) is 16.8 Å². The van der Waals surface area contributed by atoms with Crippen molar-refractivity contribution >= 4 is 25.3 Å². The van der Waals surface area contributed by atoms with Crippen LogP contribution in [0.25, 0.3) is 11.6 Å². The molecule has 27 heavy (non-hydrogen) atoms. The zero-order valence-electron chi connectivity index (χ0n) is 15.9. The molecule has 0 radical (unpaired) electrons. The number of hydrogen-bond donors (Lipinski definition) is 2. The molecule has 1 aromatic carbocycles. The highest BCUT2D eigenvalue weighted by molar-refractivity contribution is 6.11. The molecule has 1 aliphatic heterocycles. The number of benzene rings is 1. The van der Waals surface area contributed by atoms with Crippen molar-refractivity contribution in [2.45, 2.75) is 13.3 Å². The van der Waals surface area contributed by atoms with Crippen LogP contribution in [0.2, 0.25) is 0 Å². The first-order chi connectivity index (χ1) is 13.0. The van der Waals surface area contributed by atoms with Gasteiger partial charge in [0.05, 0.1) is 18.5 Å². The topological polar surface area (TPSA) is 72.8 Å². The number of nitrogens with zero attached hydrogens (tertiary/aromatic N) is 2. The molecule has 2 heterocycles. The van der Waals surface area contributed by atoms with Crippen LogP contribution in [0.15, 0.2) is 64.9 Å². The molecule has 3 rings (SSSR count). The molecular weight excluding hydrogens is 337 g/mol. The summed E-state index contributed by atoms with van der Waals surface area (Å²) in [6, 6.07) is 9.51. The van der Waals surface area contributed by atoms with Crippen molar-refractivity contribution in [2.24, 2.45) is 10.7 Å².